The molecule has 4 fully saturated rings. The van der Waals surface area contributed by atoms with Gasteiger partial charge in [-0.1, -0.05) is 43.9 Å². The Morgan fingerprint density at radius 3 is 2.00 bits per heavy atom. The summed E-state index contributed by atoms with van der Waals surface area (Å²) >= 11 is 0. The highest BCUT2D eigenvalue weighted by Gasteiger charge is 2.44. The summed E-state index contributed by atoms with van der Waals surface area (Å²) in [6.07, 6.45) is 16.2. The molecular formula is C23H34N2. The lowest BCUT2D eigenvalue weighted by Gasteiger charge is -2.55. The van der Waals surface area contributed by atoms with Crippen LogP contribution in [0.25, 0.3) is 0 Å². The molecule has 2 heteroatoms. The second-order valence-corrected chi connectivity index (χ2v) is 9.39. The summed E-state index contributed by atoms with van der Waals surface area (Å²) < 4.78 is 0. The summed E-state index contributed by atoms with van der Waals surface area (Å²) in [6.45, 7) is 0. The van der Waals surface area contributed by atoms with Gasteiger partial charge in [0.05, 0.1) is 0 Å². The molecule has 2 aliphatic carbocycles. The molecule has 25 heavy (non-hydrogen) atoms. The molecule has 1 aromatic carbocycles. The molecule has 1 N–H and O–H groups in total. The molecular weight excluding hydrogens is 304 g/mol. The zero-order valence-corrected chi connectivity index (χ0v) is 15.6. The van der Waals surface area contributed by atoms with Crippen molar-refractivity contribution in [3.63, 3.8) is 0 Å². The largest absolute Gasteiger partial charge is 0.382 e. The van der Waals surface area contributed by atoms with Crippen molar-refractivity contribution >= 4 is 5.69 Å². The fourth-order valence-electron chi connectivity index (χ4n) is 6.84. The molecule has 4 bridgehead atoms. The van der Waals surface area contributed by atoms with E-state index in [1.165, 1.54) is 69.9 Å². The maximum absolute atomic E-state index is 3.85. The fourth-order valence-corrected chi connectivity index (χ4v) is 6.84. The van der Waals surface area contributed by atoms with Crippen molar-refractivity contribution < 1.29 is 0 Å². The van der Waals surface area contributed by atoms with Gasteiger partial charge < -0.3 is 5.32 Å². The van der Waals surface area contributed by atoms with Gasteiger partial charge in [0.2, 0.25) is 0 Å². The first kappa shape index (κ1) is 16.2. The van der Waals surface area contributed by atoms with Gasteiger partial charge in [-0.15, -0.1) is 0 Å². The lowest BCUT2D eigenvalue weighted by molar-refractivity contribution is -0.0382. The van der Waals surface area contributed by atoms with E-state index >= 15 is 0 Å². The first-order valence-electron chi connectivity index (χ1n) is 10.9. The summed E-state index contributed by atoms with van der Waals surface area (Å²) in [5.74, 6) is 2.11. The molecule has 0 spiro atoms. The summed E-state index contributed by atoms with van der Waals surface area (Å²) in [4.78, 5) is 3.05. The topological polar surface area (TPSA) is 15.3 Å². The zero-order chi connectivity index (χ0) is 16.6. The molecule has 2 heterocycles. The van der Waals surface area contributed by atoms with Crippen molar-refractivity contribution in [1.82, 2.24) is 4.90 Å². The van der Waals surface area contributed by atoms with Crippen LogP contribution in [0.1, 0.15) is 70.6 Å². The fraction of sp³-hybridized carbons (Fsp3) is 0.739. The van der Waals surface area contributed by atoms with Crippen molar-refractivity contribution in [2.24, 2.45) is 11.8 Å². The van der Waals surface area contributed by atoms with Gasteiger partial charge in [0.25, 0.3) is 0 Å². The van der Waals surface area contributed by atoms with Crippen LogP contribution < -0.4 is 5.32 Å². The molecule has 2 nitrogen and oxygen atoms in total. The van der Waals surface area contributed by atoms with E-state index in [9.17, 15) is 0 Å². The van der Waals surface area contributed by atoms with Crippen LogP contribution in [0.15, 0.2) is 30.3 Å². The van der Waals surface area contributed by atoms with Gasteiger partial charge in [-0.25, -0.2) is 0 Å². The third kappa shape index (κ3) is 3.35. The Kier molecular flexibility index (Phi) is 4.49. The van der Waals surface area contributed by atoms with Gasteiger partial charge in [-0.05, 0) is 68.9 Å². The van der Waals surface area contributed by atoms with Crippen LogP contribution in [0.2, 0.25) is 0 Å². The molecule has 0 amide bonds. The number of piperidine rings is 2. The minimum absolute atomic E-state index is 0.678. The van der Waals surface area contributed by atoms with Gasteiger partial charge in [0, 0.05) is 29.9 Å². The number of nitrogens with zero attached hydrogens (tertiary/aromatic N) is 1. The Morgan fingerprint density at radius 1 is 0.680 bits per heavy atom. The summed E-state index contributed by atoms with van der Waals surface area (Å²) in [5, 5.41) is 3.85. The Morgan fingerprint density at radius 2 is 1.32 bits per heavy atom. The average Bonchev–Trinajstić information content (AvgIpc) is 2.61. The van der Waals surface area contributed by atoms with Crippen LogP contribution in [-0.2, 0) is 0 Å². The van der Waals surface area contributed by atoms with Gasteiger partial charge in [-0.2, -0.15) is 0 Å². The normalized spacial score (nSPS) is 41.3. The highest BCUT2D eigenvalue weighted by molar-refractivity contribution is 5.43. The molecule has 136 valence electrons. The molecule has 2 aliphatic heterocycles. The first-order chi connectivity index (χ1) is 12.3. The third-order valence-electron chi connectivity index (χ3n) is 7.70. The smallest absolute Gasteiger partial charge is 0.0342 e. The van der Waals surface area contributed by atoms with Crippen LogP contribution in [-0.4, -0.2) is 29.1 Å². The molecule has 2 saturated carbocycles. The van der Waals surface area contributed by atoms with Crippen molar-refractivity contribution in [1.29, 1.82) is 0 Å². The van der Waals surface area contributed by atoms with E-state index in [-0.39, 0.29) is 0 Å². The number of para-hydroxylation sites is 1. The molecule has 1 aromatic rings. The number of fused-ring (bicyclic) bond motifs is 4. The van der Waals surface area contributed by atoms with E-state index < -0.39 is 0 Å². The van der Waals surface area contributed by atoms with Gasteiger partial charge in [0.1, 0.15) is 0 Å². The van der Waals surface area contributed by atoms with Crippen LogP contribution in [0.3, 0.4) is 0 Å². The van der Waals surface area contributed by atoms with Gasteiger partial charge in [0.15, 0.2) is 0 Å². The lowest BCUT2D eigenvalue weighted by Crippen LogP contribution is -2.60. The molecule has 5 rings (SSSR count). The van der Waals surface area contributed by atoms with Crippen molar-refractivity contribution in [3.05, 3.63) is 30.3 Å². The summed E-state index contributed by atoms with van der Waals surface area (Å²) in [7, 11) is 0. The van der Waals surface area contributed by atoms with Gasteiger partial charge >= 0.3 is 0 Å². The van der Waals surface area contributed by atoms with Crippen molar-refractivity contribution in [2.75, 3.05) is 5.32 Å². The highest BCUT2D eigenvalue weighted by Crippen LogP contribution is 2.46. The summed E-state index contributed by atoms with van der Waals surface area (Å²) in [6, 6.07) is 14.2. The average molecular weight is 339 g/mol. The number of hydrogen-bond donors (Lipinski definition) is 1. The maximum Gasteiger partial charge on any atom is 0.0342 e. The van der Waals surface area contributed by atoms with Crippen LogP contribution in [0.4, 0.5) is 5.69 Å². The third-order valence-corrected chi connectivity index (χ3v) is 7.70. The number of benzene rings is 1. The Labute approximate surface area is 153 Å². The molecule has 2 saturated heterocycles. The van der Waals surface area contributed by atoms with Gasteiger partial charge in [-0.3, -0.25) is 4.90 Å². The minimum atomic E-state index is 0.678. The summed E-state index contributed by atoms with van der Waals surface area (Å²) in [5.41, 5.74) is 1.31. The molecule has 3 unspecified atom stereocenters. The molecule has 0 radical (unpaired) electrons. The first-order valence-corrected chi connectivity index (χ1v) is 10.9. The van der Waals surface area contributed by atoms with Crippen LogP contribution >= 0.6 is 0 Å². The van der Waals surface area contributed by atoms with Crippen molar-refractivity contribution in [2.45, 2.75) is 94.8 Å². The van der Waals surface area contributed by atoms with E-state index in [0.29, 0.717) is 6.04 Å². The number of anilines is 1. The Bertz CT molecular complexity index is 545. The second kappa shape index (κ2) is 6.95. The Hall–Kier alpha value is -1.02. The quantitative estimate of drug-likeness (QED) is 0.788. The monoisotopic (exact) mass is 338 g/mol. The van der Waals surface area contributed by atoms with Crippen LogP contribution in [0, 0.1) is 11.8 Å². The zero-order valence-electron chi connectivity index (χ0n) is 15.6. The van der Waals surface area contributed by atoms with Crippen molar-refractivity contribution in [3.8, 4) is 0 Å². The SMILES string of the molecule is c1ccc(NC2CC3CCC[C@@H](C2)N3C2C[C@H]3CCC[C@@H](C2)C3)cc1. The predicted molar refractivity (Wildman–Crippen MR) is 105 cm³/mol. The molecule has 6 atom stereocenters. The molecule has 4 aliphatic rings. The van der Waals surface area contributed by atoms with E-state index in [1.807, 2.05) is 0 Å². The number of hydrogen-bond acceptors (Lipinski definition) is 2. The predicted octanol–water partition coefficient (Wildman–Crippen LogP) is 5.45. The second-order valence-electron chi connectivity index (χ2n) is 9.39. The highest BCUT2D eigenvalue weighted by atomic mass is 15.2. The van der Waals surface area contributed by atoms with E-state index in [2.05, 4.69) is 40.5 Å². The molecule has 0 aromatic heterocycles. The lowest BCUT2D eigenvalue weighted by atomic mass is 9.68. The number of nitrogens with one attached hydrogen (secondary N) is 1. The minimum Gasteiger partial charge on any atom is -0.382 e. The number of rotatable bonds is 3. The van der Waals surface area contributed by atoms with Crippen LogP contribution in [0.5, 0.6) is 0 Å². The van der Waals surface area contributed by atoms with E-state index in [0.717, 1.165) is 30.0 Å². The maximum atomic E-state index is 3.85. The Balaban J connectivity index is 1.28. The standard InChI is InChI=1S/C23H34N2/c1-2-8-19(9-3-1)24-20-15-21-10-5-11-22(16-20)25(21)23-13-17-6-4-7-18(12-17)14-23/h1-3,8-9,17-18,20-24H,4-7,10-16H2/t17-,18+,20?,21-,22?,23?/m0/s1. The van der Waals surface area contributed by atoms with E-state index in [1.54, 1.807) is 6.42 Å². The van der Waals surface area contributed by atoms with E-state index in [4.69, 9.17) is 0 Å².